The molecule has 0 N–H and O–H groups in total. The lowest BCUT2D eigenvalue weighted by Crippen LogP contribution is -2.04. The predicted octanol–water partition coefficient (Wildman–Crippen LogP) is 2.50. The third kappa shape index (κ3) is 2.26. The second-order valence-electron chi connectivity index (χ2n) is 3.19. The maximum Gasteiger partial charge on any atom is 0.0907 e. The Balaban J connectivity index is 2.63. The first-order valence-corrected chi connectivity index (χ1v) is 3.68. The van der Waals surface area contributed by atoms with Crippen LogP contribution >= 0.6 is 0 Å². The van der Waals surface area contributed by atoms with Crippen molar-refractivity contribution in [2.75, 3.05) is 6.61 Å². The average molecular weight is 138 g/mol. The molecule has 0 spiro atoms. The fourth-order valence-corrected chi connectivity index (χ4v) is 0.870. The third-order valence-corrected chi connectivity index (χ3v) is 1.54. The fraction of sp³-hybridized carbons (Fsp3) is 0.556. The Kier molecular flexibility index (Phi) is 2.15. The molecule has 0 aliphatic carbocycles. The minimum Gasteiger partial charge on any atom is -0.501 e. The molecule has 0 aromatic heterocycles. The Bertz CT molecular complexity index is 138. The molecule has 0 saturated carbocycles. The van der Waals surface area contributed by atoms with Crippen LogP contribution in [0.15, 0.2) is 24.5 Å². The van der Waals surface area contributed by atoms with Crippen molar-refractivity contribution < 1.29 is 4.74 Å². The van der Waals surface area contributed by atoms with E-state index in [4.69, 9.17) is 4.74 Å². The van der Waals surface area contributed by atoms with Gasteiger partial charge in [0.1, 0.15) is 0 Å². The average Bonchev–Trinajstić information content (AvgIpc) is 1.81. The first kappa shape index (κ1) is 7.39. The monoisotopic (exact) mass is 138 g/mol. The lowest BCUT2D eigenvalue weighted by Gasteiger charge is -2.15. The summed E-state index contributed by atoms with van der Waals surface area (Å²) in [5, 5.41) is 0. The topological polar surface area (TPSA) is 9.23 Å². The SMILES string of the molecule is CC1(C)C=COCC/C=C\1. The van der Waals surface area contributed by atoms with Crippen LogP contribution in [0.4, 0.5) is 0 Å². The van der Waals surface area contributed by atoms with Gasteiger partial charge in [0.25, 0.3) is 0 Å². The van der Waals surface area contributed by atoms with E-state index in [9.17, 15) is 0 Å². The highest BCUT2D eigenvalue weighted by molar-refractivity contribution is 5.06. The number of hydrogen-bond donors (Lipinski definition) is 0. The van der Waals surface area contributed by atoms with Crippen molar-refractivity contribution in [3.8, 4) is 0 Å². The molecule has 10 heavy (non-hydrogen) atoms. The highest BCUT2D eigenvalue weighted by Gasteiger charge is 2.08. The van der Waals surface area contributed by atoms with Gasteiger partial charge in [-0.3, -0.25) is 0 Å². The van der Waals surface area contributed by atoms with Crippen LogP contribution in [0, 0.1) is 5.41 Å². The van der Waals surface area contributed by atoms with E-state index in [1.54, 1.807) is 6.26 Å². The predicted molar refractivity (Wildman–Crippen MR) is 42.6 cm³/mol. The molecule has 0 amide bonds. The van der Waals surface area contributed by atoms with Crippen molar-refractivity contribution in [3.63, 3.8) is 0 Å². The highest BCUT2D eigenvalue weighted by atomic mass is 16.5. The summed E-state index contributed by atoms with van der Waals surface area (Å²) in [6.07, 6.45) is 9.27. The Labute approximate surface area is 62.4 Å². The minimum absolute atomic E-state index is 0.167. The van der Waals surface area contributed by atoms with Gasteiger partial charge in [-0.05, 0) is 12.5 Å². The van der Waals surface area contributed by atoms with Crippen LogP contribution in [0.2, 0.25) is 0 Å². The zero-order valence-electron chi connectivity index (χ0n) is 6.63. The van der Waals surface area contributed by atoms with Gasteiger partial charge in [-0.25, -0.2) is 0 Å². The summed E-state index contributed by atoms with van der Waals surface area (Å²) < 4.78 is 5.18. The lowest BCUT2D eigenvalue weighted by molar-refractivity contribution is 0.249. The Morgan fingerprint density at radius 1 is 1.30 bits per heavy atom. The third-order valence-electron chi connectivity index (χ3n) is 1.54. The molecule has 1 rings (SSSR count). The fourth-order valence-electron chi connectivity index (χ4n) is 0.870. The summed E-state index contributed by atoms with van der Waals surface area (Å²) in [6.45, 7) is 5.13. The molecular formula is C9H14O. The van der Waals surface area contributed by atoms with E-state index in [-0.39, 0.29) is 5.41 Å². The van der Waals surface area contributed by atoms with Gasteiger partial charge >= 0.3 is 0 Å². The van der Waals surface area contributed by atoms with Gasteiger partial charge in [-0.15, -0.1) is 0 Å². The van der Waals surface area contributed by atoms with Gasteiger partial charge in [0.2, 0.25) is 0 Å². The summed E-state index contributed by atoms with van der Waals surface area (Å²) in [6, 6.07) is 0. The van der Waals surface area contributed by atoms with Crippen LogP contribution in [0.5, 0.6) is 0 Å². The van der Waals surface area contributed by atoms with Crippen molar-refractivity contribution in [2.24, 2.45) is 5.41 Å². The van der Waals surface area contributed by atoms with Crippen molar-refractivity contribution in [2.45, 2.75) is 20.3 Å². The van der Waals surface area contributed by atoms with Crippen molar-refractivity contribution >= 4 is 0 Å². The van der Waals surface area contributed by atoms with E-state index in [2.05, 4.69) is 32.1 Å². The van der Waals surface area contributed by atoms with E-state index in [0.717, 1.165) is 13.0 Å². The molecule has 0 unspecified atom stereocenters. The molecule has 1 heteroatoms. The number of rotatable bonds is 0. The molecule has 0 aromatic carbocycles. The molecule has 1 nitrogen and oxygen atoms in total. The summed E-state index contributed by atoms with van der Waals surface area (Å²) in [7, 11) is 0. The van der Waals surface area contributed by atoms with Gasteiger partial charge in [0.05, 0.1) is 12.9 Å². The van der Waals surface area contributed by atoms with Gasteiger partial charge < -0.3 is 4.74 Å². The van der Waals surface area contributed by atoms with E-state index in [1.807, 2.05) is 0 Å². The number of hydrogen-bond acceptors (Lipinski definition) is 1. The molecule has 0 bridgehead atoms. The molecule has 1 aliphatic rings. The van der Waals surface area contributed by atoms with Crippen LogP contribution < -0.4 is 0 Å². The zero-order valence-corrected chi connectivity index (χ0v) is 6.63. The Hall–Kier alpha value is -0.720. The normalized spacial score (nSPS) is 26.2. The largest absolute Gasteiger partial charge is 0.501 e. The Morgan fingerprint density at radius 3 is 2.90 bits per heavy atom. The van der Waals surface area contributed by atoms with Crippen LogP contribution in [0.25, 0.3) is 0 Å². The van der Waals surface area contributed by atoms with Gasteiger partial charge in [-0.2, -0.15) is 0 Å². The second kappa shape index (κ2) is 2.91. The van der Waals surface area contributed by atoms with Crippen molar-refractivity contribution in [1.82, 2.24) is 0 Å². The molecule has 1 heterocycles. The maximum atomic E-state index is 5.18. The zero-order chi connectivity index (χ0) is 7.45. The molecule has 0 atom stereocenters. The molecule has 1 aliphatic heterocycles. The molecule has 0 aromatic rings. The van der Waals surface area contributed by atoms with Gasteiger partial charge in [0.15, 0.2) is 0 Å². The van der Waals surface area contributed by atoms with E-state index in [0.29, 0.717) is 0 Å². The minimum atomic E-state index is 0.167. The maximum absolute atomic E-state index is 5.18. The van der Waals surface area contributed by atoms with Gasteiger partial charge in [0, 0.05) is 5.41 Å². The summed E-state index contributed by atoms with van der Waals surface area (Å²) in [4.78, 5) is 0. The van der Waals surface area contributed by atoms with E-state index < -0.39 is 0 Å². The molecule has 0 radical (unpaired) electrons. The quantitative estimate of drug-likeness (QED) is 0.467. The van der Waals surface area contributed by atoms with Gasteiger partial charge in [-0.1, -0.05) is 26.0 Å². The van der Waals surface area contributed by atoms with Crippen LogP contribution in [0.1, 0.15) is 20.3 Å². The summed E-state index contributed by atoms with van der Waals surface area (Å²) in [5.74, 6) is 0. The Morgan fingerprint density at radius 2 is 2.10 bits per heavy atom. The lowest BCUT2D eigenvalue weighted by atomic mass is 9.93. The standard InChI is InChI=1S/C9H14O/c1-9(2)5-3-4-7-10-8-6-9/h3,5-6,8H,4,7H2,1-2H3/b5-3-,8-6?. The van der Waals surface area contributed by atoms with Crippen molar-refractivity contribution in [1.29, 1.82) is 0 Å². The van der Waals surface area contributed by atoms with E-state index >= 15 is 0 Å². The summed E-state index contributed by atoms with van der Waals surface area (Å²) >= 11 is 0. The summed E-state index contributed by atoms with van der Waals surface area (Å²) in [5.41, 5.74) is 0.167. The van der Waals surface area contributed by atoms with Crippen LogP contribution in [0.3, 0.4) is 0 Å². The first-order chi connectivity index (χ1) is 4.71. The van der Waals surface area contributed by atoms with E-state index in [1.165, 1.54) is 0 Å². The molecular weight excluding hydrogens is 124 g/mol. The highest BCUT2D eigenvalue weighted by Crippen LogP contribution is 2.20. The second-order valence-corrected chi connectivity index (χ2v) is 3.19. The van der Waals surface area contributed by atoms with Crippen LogP contribution in [-0.4, -0.2) is 6.61 Å². The molecule has 56 valence electrons. The van der Waals surface area contributed by atoms with Crippen molar-refractivity contribution in [3.05, 3.63) is 24.5 Å². The molecule has 0 saturated heterocycles. The number of ether oxygens (including phenoxy) is 1. The van der Waals surface area contributed by atoms with Crippen LogP contribution in [-0.2, 0) is 4.74 Å². The first-order valence-electron chi connectivity index (χ1n) is 3.68. The number of allylic oxidation sites excluding steroid dienone is 2. The smallest absolute Gasteiger partial charge is 0.0907 e. The molecule has 0 fully saturated rings.